The summed E-state index contributed by atoms with van der Waals surface area (Å²) in [5, 5.41) is 5.19. The highest BCUT2D eigenvalue weighted by molar-refractivity contribution is 7.18. The number of carbonyl (C=O) groups excluding carboxylic acids is 1. The Balaban J connectivity index is 1.44. The van der Waals surface area contributed by atoms with Crippen molar-refractivity contribution < 1.29 is 9.53 Å². The van der Waals surface area contributed by atoms with E-state index in [1.54, 1.807) is 0 Å². The lowest BCUT2D eigenvalue weighted by atomic mass is 10.2. The molecular weight excluding hydrogens is 438 g/mol. The first-order valence-corrected chi connectivity index (χ1v) is 11.1. The fourth-order valence-corrected chi connectivity index (χ4v) is 4.43. The summed E-state index contributed by atoms with van der Waals surface area (Å²) >= 11 is 1.50. The van der Waals surface area contributed by atoms with Gasteiger partial charge in [0.05, 0.1) is 23.2 Å². The van der Waals surface area contributed by atoms with E-state index < -0.39 is 5.97 Å². The molecule has 3 heterocycles. The fourth-order valence-electron chi connectivity index (χ4n) is 3.50. The van der Waals surface area contributed by atoms with E-state index in [9.17, 15) is 9.59 Å². The molecule has 0 saturated heterocycles. The van der Waals surface area contributed by atoms with Crippen LogP contribution in [0.1, 0.15) is 21.8 Å². The van der Waals surface area contributed by atoms with Crippen molar-refractivity contribution in [3.63, 3.8) is 0 Å². The molecule has 2 aromatic carbocycles. The molecule has 0 bridgehead atoms. The van der Waals surface area contributed by atoms with Gasteiger partial charge in [-0.3, -0.25) is 14.6 Å². The first kappa shape index (κ1) is 20.9. The topological polar surface area (TPSA) is 99.9 Å². The first-order chi connectivity index (χ1) is 16.1. The van der Waals surface area contributed by atoms with E-state index in [0.717, 1.165) is 26.4 Å². The standard InChI is InChI=1S/C24H19N5O3S/c1-15-7-8-19-17(11-15)27-20(33-19)13-29-24(31)23-22(25-9-10-26-23)18(28-29)12-21(30)32-14-16-5-3-2-4-6-16/h2-11H,12-14H2,1H3. The van der Waals surface area contributed by atoms with Gasteiger partial charge in [-0.2, -0.15) is 5.10 Å². The molecule has 0 spiro atoms. The molecule has 0 aliphatic rings. The maximum atomic E-state index is 13.0. The predicted octanol–water partition coefficient (Wildman–Crippen LogP) is 3.44. The number of carbonyl (C=O) groups is 1. The quantitative estimate of drug-likeness (QED) is 0.360. The lowest BCUT2D eigenvalue weighted by Gasteiger charge is -2.09. The smallest absolute Gasteiger partial charge is 0.312 e. The van der Waals surface area contributed by atoms with E-state index in [2.05, 4.69) is 20.1 Å². The van der Waals surface area contributed by atoms with E-state index in [-0.39, 0.29) is 30.6 Å². The second-order valence-electron chi connectivity index (χ2n) is 7.56. The third kappa shape index (κ3) is 4.49. The van der Waals surface area contributed by atoms with Crippen molar-refractivity contribution in [2.45, 2.75) is 26.5 Å². The Bertz CT molecular complexity index is 1530. The van der Waals surface area contributed by atoms with Crippen molar-refractivity contribution in [1.82, 2.24) is 24.7 Å². The van der Waals surface area contributed by atoms with Crippen molar-refractivity contribution in [2.75, 3.05) is 0 Å². The van der Waals surface area contributed by atoms with Gasteiger partial charge in [0, 0.05) is 12.4 Å². The van der Waals surface area contributed by atoms with Gasteiger partial charge >= 0.3 is 5.97 Å². The van der Waals surface area contributed by atoms with Crippen LogP contribution >= 0.6 is 11.3 Å². The van der Waals surface area contributed by atoms with E-state index in [4.69, 9.17) is 4.74 Å². The van der Waals surface area contributed by atoms with Gasteiger partial charge < -0.3 is 4.74 Å². The maximum Gasteiger partial charge on any atom is 0.312 e. The number of ether oxygens (including phenoxy) is 1. The van der Waals surface area contributed by atoms with Crippen molar-refractivity contribution in [2.24, 2.45) is 0 Å². The molecule has 0 radical (unpaired) electrons. The van der Waals surface area contributed by atoms with Crippen LogP contribution in [0.25, 0.3) is 21.3 Å². The summed E-state index contributed by atoms with van der Waals surface area (Å²) in [5.41, 5.74) is 3.31. The summed E-state index contributed by atoms with van der Waals surface area (Å²) < 4.78 is 7.72. The maximum absolute atomic E-state index is 13.0. The average molecular weight is 458 g/mol. The molecule has 5 rings (SSSR count). The number of esters is 1. The van der Waals surface area contributed by atoms with Gasteiger partial charge in [-0.05, 0) is 30.2 Å². The molecule has 33 heavy (non-hydrogen) atoms. The third-order valence-electron chi connectivity index (χ3n) is 5.08. The molecule has 0 saturated carbocycles. The number of hydrogen-bond donors (Lipinski definition) is 0. The molecule has 8 nitrogen and oxygen atoms in total. The largest absolute Gasteiger partial charge is 0.461 e. The Labute approximate surface area is 192 Å². The molecule has 0 aliphatic heterocycles. The van der Waals surface area contributed by atoms with Crippen LogP contribution in [0.2, 0.25) is 0 Å². The number of aryl methyl sites for hydroxylation is 1. The molecular formula is C24H19N5O3S. The number of rotatable bonds is 6. The van der Waals surface area contributed by atoms with Crippen molar-refractivity contribution in [3.05, 3.63) is 93.1 Å². The predicted molar refractivity (Wildman–Crippen MR) is 125 cm³/mol. The van der Waals surface area contributed by atoms with Crippen LogP contribution in [-0.4, -0.2) is 30.7 Å². The zero-order chi connectivity index (χ0) is 22.8. The van der Waals surface area contributed by atoms with Crippen LogP contribution in [0, 0.1) is 6.92 Å². The summed E-state index contributed by atoms with van der Waals surface area (Å²) in [7, 11) is 0. The summed E-state index contributed by atoms with van der Waals surface area (Å²) in [5.74, 6) is -0.459. The van der Waals surface area contributed by atoms with Crippen LogP contribution in [0.4, 0.5) is 0 Å². The van der Waals surface area contributed by atoms with Gasteiger partial charge in [0.1, 0.15) is 22.8 Å². The zero-order valence-electron chi connectivity index (χ0n) is 17.8. The summed E-state index contributed by atoms with van der Waals surface area (Å²) in [6.45, 7) is 2.35. The Morgan fingerprint density at radius 3 is 2.67 bits per heavy atom. The van der Waals surface area contributed by atoms with Gasteiger partial charge in [0.2, 0.25) is 0 Å². The van der Waals surface area contributed by atoms with Crippen LogP contribution in [0.3, 0.4) is 0 Å². The minimum atomic E-state index is -0.459. The minimum Gasteiger partial charge on any atom is -0.461 e. The van der Waals surface area contributed by atoms with E-state index >= 15 is 0 Å². The number of benzene rings is 2. The minimum absolute atomic E-state index is 0.124. The van der Waals surface area contributed by atoms with Crippen molar-refractivity contribution >= 4 is 38.6 Å². The number of nitrogens with zero attached hydrogens (tertiary/aromatic N) is 5. The Hall–Kier alpha value is -3.98. The fraction of sp³-hybridized carbons (Fsp3) is 0.167. The Morgan fingerprint density at radius 1 is 1.06 bits per heavy atom. The molecule has 164 valence electrons. The van der Waals surface area contributed by atoms with E-state index in [0.29, 0.717) is 11.2 Å². The molecule has 0 aliphatic carbocycles. The van der Waals surface area contributed by atoms with Crippen LogP contribution in [0.15, 0.2) is 65.7 Å². The Morgan fingerprint density at radius 2 is 1.85 bits per heavy atom. The van der Waals surface area contributed by atoms with Crippen molar-refractivity contribution in [3.8, 4) is 0 Å². The highest BCUT2D eigenvalue weighted by Gasteiger charge is 2.18. The molecule has 0 N–H and O–H groups in total. The van der Waals surface area contributed by atoms with Gasteiger partial charge in [0.15, 0.2) is 5.52 Å². The normalized spacial score (nSPS) is 11.2. The number of aromatic nitrogens is 5. The molecule has 9 heteroatoms. The zero-order valence-corrected chi connectivity index (χ0v) is 18.6. The lowest BCUT2D eigenvalue weighted by molar-refractivity contribution is -0.144. The summed E-state index contributed by atoms with van der Waals surface area (Å²) in [6.07, 6.45) is 2.80. The number of hydrogen-bond acceptors (Lipinski definition) is 8. The number of fused-ring (bicyclic) bond motifs is 2. The molecule has 0 amide bonds. The second kappa shape index (κ2) is 8.87. The van der Waals surface area contributed by atoms with Gasteiger partial charge in [0.25, 0.3) is 5.56 Å². The van der Waals surface area contributed by atoms with Crippen molar-refractivity contribution in [1.29, 1.82) is 0 Å². The van der Waals surface area contributed by atoms with Crippen LogP contribution in [-0.2, 0) is 29.1 Å². The summed E-state index contributed by atoms with van der Waals surface area (Å²) in [4.78, 5) is 38.6. The van der Waals surface area contributed by atoms with Crippen LogP contribution < -0.4 is 5.56 Å². The molecule has 0 fully saturated rings. The van der Waals surface area contributed by atoms with Gasteiger partial charge in [-0.1, -0.05) is 36.4 Å². The highest BCUT2D eigenvalue weighted by atomic mass is 32.1. The second-order valence-corrected chi connectivity index (χ2v) is 8.68. The molecule has 3 aromatic heterocycles. The van der Waals surface area contributed by atoms with Gasteiger partial charge in [-0.15, -0.1) is 11.3 Å². The monoisotopic (exact) mass is 457 g/mol. The van der Waals surface area contributed by atoms with Gasteiger partial charge in [-0.25, -0.2) is 14.6 Å². The average Bonchev–Trinajstić information content (AvgIpc) is 3.23. The Kier molecular flexibility index (Phi) is 5.62. The molecule has 0 atom stereocenters. The molecule has 5 aromatic rings. The van der Waals surface area contributed by atoms with E-state index in [1.165, 1.54) is 28.4 Å². The molecule has 0 unspecified atom stereocenters. The third-order valence-corrected chi connectivity index (χ3v) is 6.10. The first-order valence-electron chi connectivity index (χ1n) is 10.3. The van der Waals surface area contributed by atoms with Crippen LogP contribution in [0.5, 0.6) is 0 Å². The number of thiazole rings is 1. The SMILES string of the molecule is Cc1ccc2sc(Cn3nc(CC(=O)OCc4ccccc4)c4nccnc4c3=O)nc2c1. The van der Waals surface area contributed by atoms with E-state index in [1.807, 2.05) is 55.5 Å². The highest BCUT2D eigenvalue weighted by Crippen LogP contribution is 2.23. The lowest BCUT2D eigenvalue weighted by Crippen LogP contribution is -2.27. The summed E-state index contributed by atoms with van der Waals surface area (Å²) in [6, 6.07) is 15.5.